The Morgan fingerprint density at radius 1 is 1.12 bits per heavy atom. The smallest absolute Gasteiger partial charge is 0.172 e. The van der Waals surface area contributed by atoms with Crippen LogP contribution in [0.2, 0.25) is 0 Å². The number of hydrogen-bond acceptors (Lipinski definition) is 0. The van der Waals surface area contributed by atoms with Gasteiger partial charge in [-0.25, -0.2) is 8.78 Å². The summed E-state index contributed by atoms with van der Waals surface area (Å²) >= 11 is 1.82. The van der Waals surface area contributed by atoms with Gasteiger partial charge in [0.15, 0.2) is 11.6 Å². The highest BCUT2D eigenvalue weighted by Gasteiger charge is 2.24. The van der Waals surface area contributed by atoms with Gasteiger partial charge in [-0.15, -0.1) is 6.58 Å². The molecule has 3 heteroatoms. The van der Waals surface area contributed by atoms with Crippen LogP contribution < -0.4 is 0 Å². The number of halogens is 3. The molecule has 0 radical (unpaired) electrons. The van der Waals surface area contributed by atoms with E-state index in [4.69, 9.17) is 0 Å². The molecule has 0 amide bonds. The zero-order chi connectivity index (χ0) is 12.4. The van der Waals surface area contributed by atoms with E-state index >= 15 is 0 Å². The fourth-order valence-corrected chi connectivity index (χ4v) is 2.94. The number of hydrogen-bond donors (Lipinski definition) is 0. The monoisotopic (exact) mass is 348 g/mol. The van der Waals surface area contributed by atoms with Crippen LogP contribution in [0.25, 0.3) is 0 Å². The van der Waals surface area contributed by atoms with Crippen LogP contribution in [0.15, 0.2) is 24.8 Å². The lowest BCUT2D eigenvalue weighted by Gasteiger charge is -2.27. The van der Waals surface area contributed by atoms with Gasteiger partial charge in [0.2, 0.25) is 0 Å². The summed E-state index contributed by atoms with van der Waals surface area (Å²) in [6.45, 7) is 3.79. The first kappa shape index (κ1) is 13.0. The normalized spacial score (nSPS) is 24.6. The van der Waals surface area contributed by atoms with E-state index in [0.717, 1.165) is 25.7 Å². The van der Waals surface area contributed by atoms with Gasteiger partial charge in [0.1, 0.15) is 0 Å². The Labute approximate surface area is 114 Å². The van der Waals surface area contributed by atoms with Gasteiger partial charge in [-0.3, -0.25) is 0 Å². The molecule has 0 saturated heterocycles. The minimum Gasteiger partial charge on any atom is -0.203 e. The molecule has 1 fully saturated rings. The largest absolute Gasteiger partial charge is 0.203 e. The molecule has 0 unspecified atom stereocenters. The molecule has 1 saturated carbocycles. The van der Waals surface area contributed by atoms with Crippen molar-refractivity contribution in [2.75, 3.05) is 0 Å². The van der Waals surface area contributed by atoms with Crippen LogP contribution in [0.5, 0.6) is 0 Å². The Hall–Kier alpha value is -0.450. The Morgan fingerprint density at radius 3 is 2.35 bits per heavy atom. The lowest BCUT2D eigenvalue weighted by molar-refractivity contribution is 0.364. The van der Waals surface area contributed by atoms with Gasteiger partial charge in [0, 0.05) is 0 Å². The van der Waals surface area contributed by atoms with Crippen molar-refractivity contribution >= 4 is 22.6 Å². The van der Waals surface area contributed by atoms with Gasteiger partial charge in [0.05, 0.1) is 3.57 Å². The average Bonchev–Trinajstić information content (AvgIpc) is 2.36. The second-order valence-corrected chi connectivity index (χ2v) is 5.77. The third-order valence-corrected chi connectivity index (χ3v) is 4.44. The molecule has 0 spiro atoms. The SMILES string of the molecule is C=CC1CCC(c2ccc(I)c(F)c2F)CC1. The van der Waals surface area contributed by atoms with Gasteiger partial charge >= 0.3 is 0 Å². The summed E-state index contributed by atoms with van der Waals surface area (Å²) < 4.78 is 27.7. The van der Waals surface area contributed by atoms with E-state index < -0.39 is 11.6 Å². The van der Waals surface area contributed by atoms with E-state index in [-0.39, 0.29) is 5.92 Å². The van der Waals surface area contributed by atoms with Gasteiger partial charge in [0.25, 0.3) is 0 Å². The van der Waals surface area contributed by atoms with Gasteiger partial charge < -0.3 is 0 Å². The zero-order valence-electron chi connectivity index (χ0n) is 9.56. The molecule has 17 heavy (non-hydrogen) atoms. The number of allylic oxidation sites excluding steroid dienone is 1. The molecule has 1 aliphatic rings. The maximum Gasteiger partial charge on any atom is 0.172 e. The maximum atomic E-state index is 13.8. The first-order valence-electron chi connectivity index (χ1n) is 5.89. The lowest BCUT2D eigenvalue weighted by atomic mass is 9.78. The highest BCUT2D eigenvalue weighted by atomic mass is 127. The van der Waals surface area contributed by atoms with E-state index in [9.17, 15) is 8.78 Å². The van der Waals surface area contributed by atoms with E-state index in [1.54, 1.807) is 12.1 Å². The second-order valence-electron chi connectivity index (χ2n) is 4.61. The van der Waals surface area contributed by atoms with Gasteiger partial charge in [-0.05, 0) is 71.7 Å². The topological polar surface area (TPSA) is 0 Å². The number of benzene rings is 1. The second kappa shape index (κ2) is 5.46. The molecular weight excluding hydrogens is 333 g/mol. The summed E-state index contributed by atoms with van der Waals surface area (Å²) in [5.41, 5.74) is 0.547. The standard InChI is InChI=1S/C14H15F2I/c1-2-9-3-5-10(6-4-9)11-7-8-12(17)14(16)13(11)15/h2,7-10H,1,3-6H2. The van der Waals surface area contributed by atoms with Crippen LogP contribution in [0, 0.1) is 21.1 Å². The van der Waals surface area contributed by atoms with E-state index in [1.165, 1.54) is 0 Å². The number of rotatable bonds is 2. The van der Waals surface area contributed by atoms with Crippen molar-refractivity contribution < 1.29 is 8.78 Å². The predicted molar refractivity (Wildman–Crippen MR) is 74.0 cm³/mol. The molecule has 0 bridgehead atoms. The highest BCUT2D eigenvalue weighted by Crippen LogP contribution is 2.37. The summed E-state index contributed by atoms with van der Waals surface area (Å²) in [4.78, 5) is 0. The van der Waals surface area contributed by atoms with Crippen molar-refractivity contribution in [1.29, 1.82) is 0 Å². The quantitative estimate of drug-likeness (QED) is 0.400. The molecule has 1 aromatic rings. The molecule has 0 N–H and O–H groups in total. The minimum absolute atomic E-state index is 0.165. The maximum absolute atomic E-state index is 13.8. The first-order valence-corrected chi connectivity index (χ1v) is 6.97. The molecule has 0 atom stereocenters. The average molecular weight is 348 g/mol. The molecule has 0 heterocycles. The van der Waals surface area contributed by atoms with Crippen molar-refractivity contribution in [1.82, 2.24) is 0 Å². The lowest BCUT2D eigenvalue weighted by Crippen LogP contribution is -2.13. The Morgan fingerprint density at radius 2 is 1.76 bits per heavy atom. The van der Waals surface area contributed by atoms with E-state index in [2.05, 4.69) is 6.58 Å². The highest BCUT2D eigenvalue weighted by molar-refractivity contribution is 14.1. The molecule has 0 nitrogen and oxygen atoms in total. The Kier molecular flexibility index (Phi) is 4.17. The van der Waals surface area contributed by atoms with Crippen molar-refractivity contribution in [2.24, 2.45) is 5.92 Å². The fourth-order valence-electron chi connectivity index (χ4n) is 2.52. The predicted octanol–water partition coefficient (Wildman–Crippen LogP) is 5.03. The van der Waals surface area contributed by atoms with Crippen LogP contribution in [0.1, 0.15) is 37.2 Å². The van der Waals surface area contributed by atoms with Crippen LogP contribution >= 0.6 is 22.6 Å². The summed E-state index contributed by atoms with van der Waals surface area (Å²) in [5, 5.41) is 0. The summed E-state index contributed by atoms with van der Waals surface area (Å²) in [7, 11) is 0. The third-order valence-electron chi connectivity index (χ3n) is 3.61. The summed E-state index contributed by atoms with van der Waals surface area (Å²) in [6, 6.07) is 3.40. The van der Waals surface area contributed by atoms with Crippen molar-refractivity contribution in [3.05, 3.63) is 45.6 Å². The molecule has 0 aromatic heterocycles. The molecule has 92 valence electrons. The fraction of sp³-hybridized carbons (Fsp3) is 0.429. The molecule has 1 aliphatic carbocycles. The van der Waals surface area contributed by atoms with Crippen LogP contribution in [-0.2, 0) is 0 Å². The van der Waals surface area contributed by atoms with Gasteiger partial charge in [-0.2, -0.15) is 0 Å². The van der Waals surface area contributed by atoms with Crippen LogP contribution in [-0.4, -0.2) is 0 Å². The van der Waals surface area contributed by atoms with Crippen molar-refractivity contribution in [3.8, 4) is 0 Å². The zero-order valence-corrected chi connectivity index (χ0v) is 11.7. The van der Waals surface area contributed by atoms with E-state index in [1.807, 2.05) is 28.7 Å². The van der Waals surface area contributed by atoms with Crippen LogP contribution in [0.3, 0.4) is 0 Å². The molecular formula is C14H15F2I. The Balaban J connectivity index is 2.19. The van der Waals surface area contributed by atoms with Gasteiger partial charge in [-0.1, -0.05) is 12.1 Å². The molecule has 0 aliphatic heterocycles. The van der Waals surface area contributed by atoms with Crippen molar-refractivity contribution in [2.45, 2.75) is 31.6 Å². The summed E-state index contributed by atoms with van der Waals surface area (Å²) in [6.07, 6.45) is 5.88. The third kappa shape index (κ3) is 2.69. The Bertz CT molecular complexity index is 420. The molecule has 1 aromatic carbocycles. The van der Waals surface area contributed by atoms with Crippen molar-refractivity contribution in [3.63, 3.8) is 0 Å². The summed E-state index contributed by atoms with van der Waals surface area (Å²) in [5.74, 6) is -0.645. The minimum atomic E-state index is -0.700. The van der Waals surface area contributed by atoms with E-state index in [0.29, 0.717) is 15.1 Å². The first-order chi connectivity index (χ1) is 8.13. The van der Waals surface area contributed by atoms with Crippen LogP contribution in [0.4, 0.5) is 8.78 Å². The molecule has 2 rings (SSSR count).